The van der Waals surface area contributed by atoms with E-state index in [9.17, 15) is 9.90 Å². The molecule has 0 bridgehead atoms. The molecule has 0 aliphatic carbocycles. The topological polar surface area (TPSA) is 82.1 Å². The fourth-order valence-corrected chi connectivity index (χ4v) is 3.27. The Bertz CT molecular complexity index is 858. The number of nitrogens with zero attached hydrogens (tertiary/aromatic N) is 3. The van der Waals surface area contributed by atoms with Crippen LogP contribution < -0.4 is 4.90 Å². The Kier molecular flexibility index (Phi) is 2.96. The van der Waals surface area contributed by atoms with E-state index in [-0.39, 0.29) is 5.92 Å². The van der Waals surface area contributed by atoms with Crippen molar-refractivity contribution in [1.82, 2.24) is 15.0 Å². The summed E-state index contributed by atoms with van der Waals surface area (Å²) in [5.74, 6) is -0.230. The molecule has 0 saturated carbocycles. The SMILES string of the molecule is O=C(O)C1CCCN(c2ncnc3[nH]c4ccccc4c23)C1. The molecule has 6 heteroatoms. The molecular formula is C16H16N4O2. The van der Waals surface area contributed by atoms with E-state index in [0.717, 1.165) is 47.1 Å². The molecule has 1 atom stereocenters. The Labute approximate surface area is 126 Å². The van der Waals surface area contributed by atoms with Gasteiger partial charge >= 0.3 is 5.97 Å². The van der Waals surface area contributed by atoms with Gasteiger partial charge in [0, 0.05) is 24.0 Å². The van der Waals surface area contributed by atoms with E-state index in [1.54, 1.807) is 0 Å². The third-order valence-electron chi connectivity index (χ3n) is 4.35. The Morgan fingerprint density at radius 2 is 2.18 bits per heavy atom. The lowest BCUT2D eigenvalue weighted by Crippen LogP contribution is -2.39. The summed E-state index contributed by atoms with van der Waals surface area (Å²) >= 11 is 0. The molecule has 2 N–H and O–H groups in total. The summed E-state index contributed by atoms with van der Waals surface area (Å²) in [6.07, 6.45) is 3.14. The zero-order valence-electron chi connectivity index (χ0n) is 12.0. The summed E-state index contributed by atoms with van der Waals surface area (Å²) in [5.41, 5.74) is 1.81. The number of aromatic nitrogens is 3. The summed E-state index contributed by atoms with van der Waals surface area (Å²) < 4.78 is 0. The van der Waals surface area contributed by atoms with E-state index in [1.165, 1.54) is 6.33 Å². The van der Waals surface area contributed by atoms with Gasteiger partial charge < -0.3 is 15.0 Å². The molecule has 1 saturated heterocycles. The second-order valence-electron chi connectivity index (χ2n) is 5.71. The Morgan fingerprint density at radius 1 is 1.32 bits per heavy atom. The van der Waals surface area contributed by atoms with Crippen molar-refractivity contribution in [3.63, 3.8) is 0 Å². The van der Waals surface area contributed by atoms with E-state index < -0.39 is 5.97 Å². The second-order valence-corrected chi connectivity index (χ2v) is 5.71. The molecule has 3 aromatic rings. The second kappa shape index (κ2) is 4.98. The zero-order chi connectivity index (χ0) is 15.1. The van der Waals surface area contributed by atoms with E-state index in [1.807, 2.05) is 24.3 Å². The van der Waals surface area contributed by atoms with Crippen LogP contribution in [0.25, 0.3) is 21.9 Å². The Hall–Kier alpha value is -2.63. The molecular weight excluding hydrogens is 280 g/mol. The molecule has 22 heavy (non-hydrogen) atoms. The van der Waals surface area contributed by atoms with Crippen LogP contribution >= 0.6 is 0 Å². The average molecular weight is 296 g/mol. The lowest BCUT2D eigenvalue weighted by atomic mass is 9.98. The molecule has 0 radical (unpaired) electrons. The first-order valence-corrected chi connectivity index (χ1v) is 7.43. The number of fused-ring (bicyclic) bond motifs is 3. The van der Waals surface area contributed by atoms with Crippen LogP contribution in [0, 0.1) is 5.92 Å². The average Bonchev–Trinajstić information content (AvgIpc) is 2.93. The van der Waals surface area contributed by atoms with Crippen molar-refractivity contribution in [1.29, 1.82) is 0 Å². The summed E-state index contributed by atoms with van der Waals surface area (Å²) in [6, 6.07) is 8.02. The monoisotopic (exact) mass is 296 g/mol. The van der Waals surface area contributed by atoms with Crippen LogP contribution in [0.15, 0.2) is 30.6 Å². The van der Waals surface area contributed by atoms with Gasteiger partial charge in [-0.25, -0.2) is 9.97 Å². The Morgan fingerprint density at radius 3 is 3.05 bits per heavy atom. The van der Waals surface area contributed by atoms with E-state index >= 15 is 0 Å². The van der Waals surface area contributed by atoms with Crippen molar-refractivity contribution >= 4 is 33.7 Å². The maximum Gasteiger partial charge on any atom is 0.308 e. The van der Waals surface area contributed by atoms with Crippen molar-refractivity contribution in [2.24, 2.45) is 5.92 Å². The smallest absolute Gasteiger partial charge is 0.308 e. The van der Waals surface area contributed by atoms with Crippen LogP contribution in [-0.4, -0.2) is 39.1 Å². The first-order valence-electron chi connectivity index (χ1n) is 7.43. The highest BCUT2D eigenvalue weighted by Gasteiger charge is 2.27. The minimum atomic E-state index is -0.728. The van der Waals surface area contributed by atoms with E-state index in [0.29, 0.717) is 6.54 Å². The van der Waals surface area contributed by atoms with Gasteiger partial charge in [0.15, 0.2) is 0 Å². The first kappa shape index (κ1) is 13.1. The van der Waals surface area contributed by atoms with Crippen LogP contribution in [0.4, 0.5) is 5.82 Å². The van der Waals surface area contributed by atoms with Gasteiger partial charge in [-0.05, 0) is 18.9 Å². The molecule has 0 spiro atoms. The number of hydrogen-bond acceptors (Lipinski definition) is 4. The highest BCUT2D eigenvalue weighted by atomic mass is 16.4. The molecule has 1 aliphatic heterocycles. The van der Waals surface area contributed by atoms with Crippen molar-refractivity contribution in [3.8, 4) is 0 Å². The Balaban J connectivity index is 1.86. The third kappa shape index (κ3) is 1.99. The molecule has 0 amide bonds. The number of piperidine rings is 1. The quantitative estimate of drug-likeness (QED) is 0.759. The molecule has 1 aliphatic rings. The molecule has 1 aromatic carbocycles. The van der Waals surface area contributed by atoms with Gasteiger partial charge in [-0.3, -0.25) is 4.79 Å². The molecule has 4 rings (SSSR count). The number of carbonyl (C=O) groups is 1. The highest BCUT2D eigenvalue weighted by molar-refractivity contribution is 6.11. The zero-order valence-corrected chi connectivity index (χ0v) is 12.0. The molecule has 1 unspecified atom stereocenters. The maximum absolute atomic E-state index is 11.3. The minimum Gasteiger partial charge on any atom is -0.481 e. The maximum atomic E-state index is 11.3. The number of aromatic amines is 1. The number of hydrogen-bond donors (Lipinski definition) is 2. The fraction of sp³-hybridized carbons (Fsp3) is 0.312. The van der Waals surface area contributed by atoms with Gasteiger partial charge in [0.25, 0.3) is 0 Å². The predicted molar refractivity (Wildman–Crippen MR) is 84.0 cm³/mol. The molecule has 2 aromatic heterocycles. The number of rotatable bonds is 2. The lowest BCUT2D eigenvalue weighted by molar-refractivity contribution is -0.141. The summed E-state index contributed by atoms with van der Waals surface area (Å²) in [5, 5.41) is 11.3. The number of carboxylic acid groups (broad SMARTS) is 1. The molecule has 6 nitrogen and oxygen atoms in total. The van der Waals surface area contributed by atoms with Crippen molar-refractivity contribution in [2.75, 3.05) is 18.0 Å². The van der Waals surface area contributed by atoms with Crippen LogP contribution in [0.1, 0.15) is 12.8 Å². The van der Waals surface area contributed by atoms with Crippen LogP contribution in [0.3, 0.4) is 0 Å². The van der Waals surface area contributed by atoms with Gasteiger partial charge in [-0.15, -0.1) is 0 Å². The normalized spacial score (nSPS) is 18.9. The lowest BCUT2D eigenvalue weighted by Gasteiger charge is -2.31. The van der Waals surface area contributed by atoms with Crippen molar-refractivity contribution in [2.45, 2.75) is 12.8 Å². The van der Waals surface area contributed by atoms with Gasteiger partial charge in [-0.2, -0.15) is 0 Å². The number of carboxylic acids is 1. The van der Waals surface area contributed by atoms with Crippen LogP contribution in [0.5, 0.6) is 0 Å². The number of benzene rings is 1. The summed E-state index contributed by atoms with van der Waals surface area (Å²) in [7, 11) is 0. The van der Waals surface area contributed by atoms with E-state index in [4.69, 9.17) is 0 Å². The third-order valence-corrected chi connectivity index (χ3v) is 4.35. The number of H-pyrrole nitrogens is 1. The summed E-state index contributed by atoms with van der Waals surface area (Å²) in [4.78, 5) is 25.4. The standard InChI is InChI=1S/C16H16N4O2/c21-16(22)10-4-3-7-20(8-10)15-13-11-5-1-2-6-12(11)19-14(13)17-9-18-15/h1-2,5-6,9-10H,3-4,7-8H2,(H,21,22)(H,17,18,19). The molecule has 112 valence electrons. The van der Waals surface area contributed by atoms with Gasteiger partial charge in [0.05, 0.1) is 11.3 Å². The number of para-hydroxylation sites is 1. The van der Waals surface area contributed by atoms with Crippen molar-refractivity contribution in [3.05, 3.63) is 30.6 Å². The number of nitrogens with one attached hydrogen (secondary N) is 1. The van der Waals surface area contributed by atoms with E-state index in [2.05, 4.69) is 19.9 Å². The molecule has 1 fully saturated rings. The number of aliphatic carboxylic acids is 1. The van der Waals surface area contributed by atoms with Gasteiger partial charge in [-0.1, -0.05) is 18.2 Å². The van der Waals surface area contributed by atoms with Crippen LogP contribution in [-0.2, 0) is 4.79 Å². The first-order chi connectivity index (χ1) is 10.7. The largest absolute Gasteiger partial charge is 0.481 e. The van der Waals surface area contributed by atoms with Gasteiger partial charge in [0.1, 0.15) is 17.8 Å². The van der Waals surface area contributed by atoms with Crippen LogP contribution in [0.2, 0.25) is 0 Å². The highest BCUT2D eigenvalue weighted by Crippen LogP contribution is 2.32. The minimum absolute atomic E-state index is 0.330. The molecule has 3 heterocycles. The fourth-order valence-electron chi connectivity index (χ4n) is 3.27. The number of anilines is 1. The predicted octanol–water partition coefficient (Wildman–Crippen LogP) is 2.41. The van der Waals surface area contributed by atoms with Crippen molar-refractivity contribution < 1.29 is 9.90 Å². The summed E-state index contributed by atoms with van der Waals surface area (Å²) in [6.45, 7) is 1.33. The van der Waals surface area contributed by atoms with Gasteiger partial charge in [0.2, 0.25) is 0 Å².